The maximum Gasteiger partial charge on any atom is 0.0703 e. The second-order valence-corrected chi connectivity index (χ2v) is 7.35. The quantitative estimate of drug-likeness (QED) is 0.780. The fourth-order valence-corrected chi connectivity index (χ4v) is 2.17. The van der Waals surface area contributed by atoms with Gasteiger partial charge in [-0.05, 0) is 35.6 Å². The molecule has 0 aliphatic heterocycles. The summed E-state index contributed by atoms with van der Waals surface area (Å²) in [6.07, 6.45) is 5.00. The van der Waals surface area contributed by atoms with Crippen molar-refractivity contribution >= 4 is 0 Å². The van der Waals surface area contributed by atoms with Crippen LogP contribution in [0.15, 0.2) is 36.7 Å². The third-order valence-corrected chi connectivity index (χ3v) is 4.25. The normalized spacial score (nSPS) is 12.5. The molecule has 0 bridgehead atoms. The Hall–Kier alpha value is -1.70. The van der Waals surface area contributed by atoms with Crippen LogP contribution in [0.2, 0.25) is 0 Å². The van der Waals surface area contributed by atoms with Crippen LogP contribution in [0.5, 0.6) is 0 Å². The van der Waals surface area contributed by atoms with Crippen LogP contribution in [-0.2, 0) is 10.8 Å². The van der Waals surface area contributed by atoms with E-state index in [9.17, 15) is 0 Å². The molecule has 0 fully saturated rings. The molecule has 2 rings (SSSR count). The first kappa shape index (κ1) is 15.7. The Morgan fingerprint density at radius 2 is 1.67 bits per heavy atom. The zero-order valence-corrected chi connectivity index (χ0v) is 14.1. The van der Waals surface area contributed by atoms with Crippen molar-refractivity contribution in [3.05, 3.63) is 47.9 Å². The Kier molecular flexibility index (Phi) is 4.18. The minimum atomic E-state index is 0.0557. The van der Waals surface area contributed by atoms with Crippen molar-refractivity contribution in [2.45, 2.75) is 58.8 Å². The van der Waals surface area contributed by atoms with Gasteiger partial charge in [0.1, 0.15) is 0 Å². The first-order valence-electron chi connectivity index (χ1n) is 7.67. The molecule has 0 N–H and O–H groups in total. The number of pyridine rings is 2. The second-order valence-electron chi connectivity index (χ2n) is 7.35. The third kappa shape index (κ3) is 3.49. The van der Waals surface area contributed by atoms with Crippen molar-refractivity contribution in [3.8, 4) is 11.3 Å². The lowest BCUT2D eigenvalue weighted by atomic mass is 9.83. The molecular formula is C19H26N2. The molecule has 2 heteroatoms. The molecule has 0 saturated carbocycles. The highest BCUT2D eigenvalue weighted by Gasteiger charge is 2.19. The van der Waals surface area contributed by atoms with Gasteiger partial charge in [0.2, 0.25) is 0 Å². The van der Waals surface area contributed by atoms with Crippen LogP contribution in [0.3, 0.4) is 0 Å². The first-order chi connectivity index (χ1) is 9.74. The molecule has 0 unspecified atom stereocenters. The average Bonchev–Trinajstić information content (AvgIpc) is 2.47. The summed E-state index contributed by atoms with van der Waals surface area (Å²) in [4.78, 5) is 9.14. The zero-order valence-electron chi connectivity index (χ0n) is 14.1. The Morgan fingerprint density at radius 1 is 0.952 bits per heavy atom. The van der Waals surface area contributed by atoms with Gasteiger partial charge in [-0.2, -0.15) is 0 Å². The Labute approximate surface area is 128 Å². The first-order valence-corrected chi connectivity index (χ1v) is 7.67. The van der Waals surface area contributed by atoms with Gasteiger partial charge < -0.3 is 0 Å². The highest BCUT2D eigenvalue weighted by atomic mass is 14.7. The van der Waals surface area contributed by atoms with E-state index in [1.54, 1.807) is 0 Å². The number of rotatable bonds is 3. The lowest BCUT2D eigenvalue weighted by Gasteiger charge is -2.23. The predicted octanol–water partition coefficient (Wildman–Crippen LogP) is 5.13. The van der Waals surface area contributed by atoms with Crippen LogP contribution in [0, 0.1) is 0 Å². The molecule has 0 aliphatic rings. The van der Waals surface area contributed by atoms with Gasteiger partial charge in [-0.15, -0.1) is 0 Å². The molecule has 0 spiro atoms. The molecule has 0 aromatic carbocycles. The van der Waals surface area contributed by atoms with Crippen molar-refractivity contribution in [2.24, 2.45) is 0 Å². The summed E-state index contributed by atoms with van der Waals surface area (Å²) in [6, 6.07) is 8.49. The van der Waals surface area contributed by atoms with Gasteiger partial charge in [0.25, 0.3) is 0 Å². The van der Waals surface area contributed by atoms with Gasteiger partial charge >= 0.3 is 0 Å². The topological polar surface area (TPSA) is 25.8 Å². The third-order valence-electron chi connectivity index (χ3n) is 4.25. The highest BCUT2D eigenvalue weighted by molar-refractivity contribution is 5.59. The molecule has 2 heterocycles. The van der Waals surface area contributed by atoms with Crippen molar-refractivity contribution in [1.82, 2.24) is 9.97 Å². The summed E-state index contributed by atoms with van der Waals surface area (Å²) >= 11 is 0. The second kappa shape index (κ2) is 5.59. The standard InChI is InChI=1S/C19H26N2/c1-7-19(5,6)15-8-9-16(21-13-15)14-10-11-20-17(12-14)18(2,3)4/h8-13H,7H2,1-6H3. The maximum absolute atomic E-state index is 4.66. The molecule has 2 aromatic heterocycles. The van der Waals surface area contributed by atoms with Crippen molar-refractivity contribution < 1.29 is 0 Å². The molecule has 2 nitrogen and oxygen atoms in total. The van der Waals surface area contributed by atoms with Crippen LogP contribution in [0.25, 0.3) is 11.3 Å². The van der Waals surface area contributed by atoms with Crippen LogP contribution < -0.4 is 0 Å². The number of hydrogen-bond acceptors (Lipinski definition) is 2. The van der Waals surface area contributed by atoms with E-state index >= 15 is 0 Å². The van der Waals surface area contributed by atoms with E-state index in [0.29, 0.717) is 0 Å². The Bertz CT molecular complexity index is 604. The van der Waals surface area contributed by atoms with E-state index in [0.717, 1.165) is 23.4 Å². The van der Waals surface area contributed by atoms with Gasteiger partial charge in [-0.25, -0.2) is 0 Å². The largest absolute Gasteiger partial charge is 0.261 e. The summed E-state index contributed by atoms with van der Waals surface area (Å²) in [5, 5.41) is 0. The average molecular weight is 282 g/mol. The van der Waals surface area contributed by atoms with Gasteiger partial charge in [-0.1, -0.05) is 47.6 Å². The van der Waals surface area contributed by atoms with Crippen molar-refractivity contribution in [3.63, 3.8) is 0 Å². The van der Waals surface area contributed by atoms with E-state index < -0.39 is 0 Å². The lowest BCUT2D eigenvalue weighted by Crippen LogP contribution is -2.15. The molecule has 0 amide bonds. The lowest BCUT2D eigenvalue weighted by molar-refractivity contribution is 0.504. The minimum absolute atomic E-state index is 0.0557. The van der Waals surface area contributed by atoms with Crippen molar-refractivity contribution in [2.75, 3.05) is 0 Å². The van der Waals surface area contributed by atoms with E-state index in [4.69, 9.17) is 0 Å². The van der Waals surface area contributed by atoms with Crippen LogP contribution in [-0.4, -0.2) is 9.97 Å². The van der Waals surface area contributed by atoms with Gasteiger partial charge in [0.15, 0.2) is 0 Å². The summed E-state index contributed by atoms with van der Waals surface area (Å²) in [5.41, 5.74) is 4.77. The van der Waals surface area contributed by atoms with E-state index in [1.165, 1.54) is 5.56 Å². The Morgan fingerprint density at radius 3 is 2.19 bits per heavy atom. The van der Waals surface area contributed by atoms with Crippen LogP contribution >= 0.6 is 0 Å². The fourth-order valence-electron chi connectivity index (χ4n) is 2.17. The molecular weight excluding hydrogens is 256 g/mol. The molecule has 2 aromatic rings. The molecule has 21 heavy (non-hydrogen) atoms. The molecule has 0 radical (unpaired) electrons. The SMILES string of the molecule is CCC(C)(C)c1ccc(-c2ccnc(C(C)(C)C)c2)nc1. The van der Waals surface area contributed by atoms with Gasteiger partial charge in [0, 0.05) is 29.1 Å². The highest BCUT2D eigenvalue weighted by Crippen LogP contribution is 2.28. The fraction of sp³-hybridized carbons (Fsp3) is 0.474. The van der Waals surface area contributed by atoms with Gasteiger partial charge in [0.05, 0.1) is 5.69 Å². The van der Waals surface area contributed by atoms with Gasteiger partial charge in [-0.3, -0.25) is 9.97 Å². The van der Waals surface area contributed by atoms with Crippen molar-refractivity contribution in [1.29, 1.82) is 0 Å². The monoisotopic (exact) mass is 282 g/mol. The van der Waals surface area contributed by atoms with E-state index in [-0.39, 0.29) is 10.8 Å². The Balaban J connectivity index is 2.36. The number of aromatic nitrogens is 2. The van der Waals surface area contributed by atoms with E-state index in [2.05, 4.69) is 69.7 Å². The number of hydrogen-bond donors (Lipinski definition) is 0. The van der Waals surface area contributed by atoms with E-state index in [1.807, 2.05) is 18.5 Å². The predicted molar refractivity (Wildman–Crippen MR) is 89.5 cm³/mol. The summed E-state index contributed by atoms with van der Waals surface area (Å²) in [5.74, 6) is 0. The summed E-state index contributed by atoms with van der Waals surface area (Å²) < 4.78 is 0. The molecule has 0 aliphatic carbocycles. The summed E-state index contributed by atoms with van der Waals surface area (Å²) in [7, 11) is 0. The number of nitrogens with zero attached hydrogens (tertiary/aromatic N) is 2. The summed E-state index contributed by atoms with van der Waals surface area (Å²) in [6.45, 7) is 13.3. The minimum Gasteiger partial charge on any atom is -0.261 e. The molecule has 112 valence electrons. The zero-order chi connectivity index (χ0) is 15.7. The smallest absolute Gasteiger partial charge is 0.0703 e. The van der Waals surface area contributed by atoms with Crippen LogP contribution in [0.4, 0.5) is 0 Å². The van der Waals surface area contributed by atoms with Crippen LogP contribution in [0.1, 0.15) is 59.2 Å². The maximum atomic E-state index is 4.66. The molecule has 0 saturated heterocycles. The molecule has 0 atom stereocenters.